The van der Waals surface area contributed by atoms with Crippen LogP contribution in [0.2, 0.25) is 0 Å². The third kappa shape index (κ3) is 3.63. The standard InChI is InChI=1S/C17H30N4O2/c1-13(2)11-21-16-6-10-19(17(22)23)9-5-14(16)12-20(21)15-3-7-18-8-4-15/h13,15,18H,3-12H2,1-2H3,(H,22,23). The van der Waals surface area contributed by atoms with Gasteiger partial charge in [0, 0.05) is 44.3 Å². The normalized spacial score (nSPS) is 24.3. The third-order valence-corrected chi connectivity index (χ3v) is 5.22. The molecule has 130 valence electrons. The van der Waals surface area contributed by atoms with E-state index in [1.165, 1.54) is 24.1 Å². The molecule has 0 spiro atoms. The molecule has 23 heavy (non-hydrogen) atoms. The molecule has 6 nitrogen and oxygen atoms in total. The topological polar surface area (TPSA) is 59.1 Å². The average molecular weight is 322 g/mol. The van der Waals surface area contributed by atoms with Crippen LogP contribution in [0.4, 0.5) is 4.79 Å². The zero-order valence-electron chi connectivity index (χ0n) is 14.4. The van der Waals surface area contributed by atoms with Crippen molar-refractivity contribution in [2.75, 3.05) is 39.3 Å². The van der Waals surface area contributed by atoms with E-state index in [4.69, 9.17) is 0 Å². The van der Waals surface area contributed by atoms with Gasteiger partial charge in [-0.1, -0.05) is 13.8 Å². The molecule has 0 aromatic heterocycles. The molecule has 0 saturated carbocycles. The van der Waals surface area contributed by atoms with Crippen molar-refractivity contribution in [1.29, 1.82) is 0 Å². The lowest BCUT2D eigenvalue weighted by Gasteiger charge is -2.41. The van der Waals surface area contributed by atoms with Crippen LogP contribution in [0.3, 0.4) is 0 Å². The Labute approximate surface area is 139 Å². The number of hydrogen-bond acceptors (Lipinski definition) is 4. The number of hydrazine groups is 1. The molecule has 3 rings (SSSR count). The Kier molecular flexibility index (Phi) is 5.11. The molecule has 3 aliphatic heterocycles. The lowest BCUT2D eigenvalue weighted by atomic mass is 10.1. The van der Waals surface area contributed by atoms with Gasteiger partial charge in [-0.3, -0.25) is 0 Å². The van der Waals surface area contributed by atoms with Gasteiger partial charge in [0.2, 0.25) is 0 Å². The number of rotatable bonds is 3. The van der Waals surface area contributed by atoms with Gasteiger partial charge in [-0.05, 0) is 43.8 Å². The molecule has 0 unspecified atom stereocenters. The Morgan fingerprint density at radius 3 is 2.61 bits per heavy atom. The first kappa shape index (κ1) is 16.6. The van der Waals surface area contributed by atoms with E-state index in [9.17, 15) is 9.90 Å². The van der Waals surface area contributed by atoms with Gasteiger partial charge in [-0.25, -0.2) is 9.80 Å². The molecule has 0 aromatic carbocycles. The van der Waals surface area contributed by atoms with Crippen LogP contribution in [0, 0.1) is 5.92 Å². The van der Waals surface area contributed by atoms with Crippen LogP contribution < -0.4 is 5.32 Å². The fourth-order valence-electron chi connectivity index (χ4n) is 4.04. The second kappa shape index (κ2) is 7.09. The van der Waals surface area contributed by atoms with Crippen molar-refractivity contribution in [2.24, 2.45) is 5.92 Å². The SMILES string of the molecule is CC(C)CN1C2=C(CCN(C(=O)O)CC2)CN1C1CCNCC1. The molecule has 6 heteroatoms. The molecular weight excluding hydrogens is 292 g/mol. The highest BCUT2D eigenvalue weighted by Gasteiger charge is 2.36. The summed E-state index contributed by atoms with van der Waals surface area (Å²) >= 11 is 0. The molecule has 1 saturated heterocycles. The van der Waals surface area contributed by atoms with Gasteiger partial charge >= 0.3 is 6.09 Å². The van der Waals surface area contributed by atoms with E-state index in [1.807, 2.05) is 0 Å². The van der Waals surface area contributed by atoms with Gasteiger partial charge in [0.25, 0.3) is 0 Å². The first-order valence-electron chi connectivity index (χ1n) is 9.00. The Morgan fingerprint density at radius 1 is 1.26 bits per heavy atom. The summed E-state index contributed by atoms with van der Waals surface area (Å²) in [5.41, 5.74) is 2.87. The van der Waals surface area contributed by atoms with Crippen LogP contribution in [0.5, 0.6) is 0 Å². The maximum atomic E-state index is 11.3. The second-order valence-corrected chi connectivity index (χ2v) is 7.37. The van der Waals surface area contributed by atoms with E-state index in [0.717, 1.165) is 39.0 Å². The molecule has 1 amide bonds. The summed E-state index contributed by atoms with van der Waals surface area (Å²) in [6.45, 7) is 10.0. The predicted molar refractivity (Wildman–Crippen MR) is 90.0 cm³/mol. The van der Waals surface area contributed by atoms with Crippen LogP contribution in [-0.4, -0.2) is 71.4 Å². The van der Waals surface area contributed by atoms with Crippen LogP contribution in [0.1, 0.15) is 39.5 Å². The van der Waals surface area contributed by atoms with Crippen molar-refractivity contribution >= 4 is 6.09 Å². The number of amides is 1. The van der Waals surface area contributed by atoms with Crippen molar-refractivity contribution in [3.05, 3.63) is 11.3 Å². The van der Waals surface area contributed by atoms with E-state index in [-0.39, 0.29) is 0 Å². The fraction of sp³-hybridized carbons (Fsp3) is 0.824. The van der Waals surface area contributed by atoms with Crippen molar-refractivity contribution in [3.8, 4) is 0 Å². The Bertz CT molecular complexity index is 471. The highest BCUT2D eigenvalue weighted by molar-refractivity contribution is 5.65. The van der Waals surface area contributed by atoms with E-state index >= 15 is 0 Å². The molecule has 0 atom stereocenters. The van der Waals surface area contributed by atoms with Crippen molar-refractivity contribution in [2.45, 2.75) is 45.6 Å². The average Bonchev–Trinajstić information content (AvgIpc) is 2.72. The first-order valence-corrected chi connectivity index (χ1v) is 9.00. The summed E-state index contributed by atoms with van der Waals surface area (Å²) in [4.78, 5) is 12.8. The second-order valence-electron chi connectivity index (χ2n) is 7.37. The minimum absolute atomic E-state index is 0.602. The van der Waals surface area contributed by atoms with E-state index in [0.29, 0.717) is 25.0 Å². The summed E-state index contributed by atoms with van der Waals surface area (Å²) in [5, 5.41) is 17.8. The third-order valence-electron chi connectivity index (χ3n) is 5.22. The maximum absolute atomic E-state index is 11.3. The maximum Gasteiger partial charge on any atom is 0.407 e. The number of nitrogens with zero attached hydrogens (tertiary/aromatic N) is 3. The minimum atomic E-state index is -0.781. The molecule has 3 heterocycles. The highest BCUT2D eigenvalue weighted by Crippen LogP contribution is 2.34. The van der Waals surface area contributed by atoms with E-state index in [2.05, 4.69) is 29.2 Å². The molecule has 1 fully saturated rings. The van der Waals surface area contributed by atoms with Gasteiger partial charge in [-0.15, -0.1) is 0 Å². The molecule has 0 radical (unpaired) electrons. The van der Waals surface area contributed by atoms with Gasteiger partial charge in [0.1, 0.15) is 0 Å². The first-order chi connectivity index (χ1) is 11.1. The van der Waals surface area contributed by atoms with Crippen molar-refractivity contribution in [3.63, 3.8) is 0 Å². The Morgan fingerprint density at radius 2 is 1.96 bits per heavy atom. The lowest BCUT2D eigenvalue weighted by Crippen LogP contribution is -2.50. The Balaban J connectivity index is 1.75. The Hall–Kier alpha value is -1.27. The number of piperidine rings is 1. The zero-order chi connectivity index (χ0) is 16.4. The highest BCUT2D eigenvalue weighted by atomic mass is 16.4. The molecule has 2 N–H and O–H groups in total. The predicted octanol–water partition coefficient (Wildman–Crippen LogP) is 1.95. The number of carboxylic acid groups (broad SMARTS) is 1. The smallest absolute Gasteiger partial charge is 0.407 e. The summed E-state index contributed by atoms with van der Waals surface area (Å²) in [7, 11) is 0. The monoisotopic (exact) mass is 322 g/mol. The van der Waals surface area contributed by atoms with Crippen LogP contribution in [0.15, 0.2) is 11.3 Å². The number of carbonyl (C=O) groups is 1. The number of hydrogen-bond donors (Lipinski definition) is 2. The van der Waals surface area contributed by atoms with E-state index < -0.39 is 6.09 Å². The molecule has 0 bridgehead atoms. The molecule has 0 aliphatic carbocycles. The van der Waals surface area contributed by atoms with Crippen LogP contribution in [0.25, 0.3) is 0 Å². The summed E-state index contributed by atoms with van der Waals surface area (Å²) < 4.78 is 0. The summed E-state index contributed by atoms with van der Waals surface area (Å²) in [6.07, 6.45) is 3.37. The minimum Gasteiger partial charge on any atom is -0.465 e. The summed E-state index contributed by atoms with van der Waals surface area (Å²) in [6, 6.07) is 0.623. The lowest BCUT2D eigenvalue weighted by molar-refractivity contribution is -0.0260. The number of nitrogens with one attached hydrogen (secondary N) is 1. The van der Waals surface area contributed by atoms with Crippen LogP contribution in [-0.2, 0) is 0 Å². The molecule has 3 aliphatic rings. The molecular formula is C17H30N4O2. The fourth-order valence-corrected chi connectivity index (χ4v) is 4.04. The van der Waals surface area contributed by atoms with Gasteiger partial charge in [0.15, 0.2) is 0 Å². The zero-order valence-corrected chi connectivity index (χ0v) is 14.4. The largest absolute Gasteiger partial charge is 0.465 e. The van der Waals surface area contributed by atoms with Gasteiger partial charge < -0.3 is 20.3 Å². The van der Waals surface area contributed by atoms with Gasteiger partial charge in [-0.2, -0.15) is 0 Å². The quantitative estimate of drug-likeness (QED) is 0.832. The van der Waals surface area contributed by atoms with Crippen LogP contribution >= 0.6 is 0 Å². The van der Waals surface area contributed by atoms with Gasteiger partial charge in [0.05, 0.1) is 0 Å². The molecule has 0 aromatic rings. The van der Waals surface area contributed by atoms with Crippen molar-refractivity contribution in [1.82, 2.24) is 20.2 Å². The van der Waals surface area contributed by atoms with Crippen molar-refractivity contribution < 1.29 is 9.90 Å². The van der Waals surface area contributed by atoms with E-state index in [1.54, 1.807) is 4.90 Å². The summed E-state index contributed by atoms with van der Waals surface area (Å²) in [5.74, 6) is 0.602.